The molecule has 0 radical (unpaired) electrons. The summed E-state index contributed by atoms with van der Waals surface area (Å²) in [5.41, 5.74) is 1.84. The van der Waals surface area contributed by atoms with Crippen LogP contribution in [0.2, 0.25) is 0 Å². The SMILES string of the molecule is CCCS(=O)(=O)Nc1cccc(NC(=O)CCCNC)c1C.Cl. The molecule has 0 fully saturated rings. The van der Waals surface area contributed by atoms with Gasteiger partial charge in [0.25, 0.3) is 0 Å². The summed E-state index contributed by atoms with van der Waals surface area (Å²) in [6, 6.07) is 5.18. The Morgan fingerprint density at radius 1 is 1.22 bits per heavy atom. The highest BCUT2D eigenvalue weighted by molar-refractivity contribution is 7.92. The van der Waals surface area contributed by atoms with Gasteiger partial charge in [-0.05, 0) is 51.1 Å². The molecule has 23 heavy (non-hydrogen) atoms. The topological polar surface area (TPSA) is 87.3 Å². The third-order valence-electron chi connectivity index (χ3n) is 3.18. The minimum Gasteiger partial charge on any atom is -0.326 e. The quantitative estimate of drug-likeness (QED) is 0.588. The first-order chi connectivity index (χ1) is 10.4. The molecule has 1 rings (SSSR count). The Labute approximate surface area is 144 Å². The van der Waals surface area contributed by atoms with E-state index < -0.39 is 10.0 Å². The minimum atomic E-state index is -3.34. The second kappa shape index (κ2) is 10.5. The van der Waals surface area contributed by atoms with Gasteiger partial charge in [-0.3, -0.25) is 9.52 Å². The summed E-state index contributed by atoms with van der Waals surface area (Å²) in [5, 5.41) is 5.81. The number of carbonyl (C=O) groups is 1. The molecule has 3 N–H and O–H groups in total. The molecule has 0 heterocycles. The van der Waals surface area contributed by atoms with E-state index >= 15 is 0 Å². The predicted octanol–water partition coefficient (Wildman–Crippen LogP) is 2.51. The Balaban J connectivity index is 0.00000484. The molecule has 132 valence electrons. The second-order valence-electron chi connectivity index (χ2n) is 5.15. The number of hydrogen-bond acceptors (Lipinski definition) is 4. The monoisotopic (exact) mass is 363 g/mol. The third kappa shape index (κ3) is 7.67. The van der Waals surface area contributed by atoms with Crippen LogP contribution in [0.5, 0.6) is 0 Å². The summed E-state index contributed by atoms with van der Waals surface area (Å²) in [7, 11) is -1.50. The molecule has 8 heteroatoms. The number of nitrogens with one attached hydrogen (secondary N) is 3. The van der Waals surface area contributed by atoms with Crippen molar-refractivity contribution in [2.24, 2.45) is 0 Å². The van der Waals surface area contributed by atoms with Crippen LogP contribution in [0.1, 0.15) is 31.7 Å². The number of hydrogen-bond donors (Lipinski definition) is 3. The van der Waals surface area contributed by atoms with Crippen molar-refractivity contribution >= 4 is 39.7 Å². The lowest BCUT2D eigenvalue weighted by molar-refractivity contribution is -0.116. The van der Waals surface area contributed by atoms with Crippen molar-refractivity contribution in [2.45, 2.75) is 33.1 Å². The average molecular weight is 364 g/mol. The average Bonchev–Trinajstić information content (AvgIpc) is 2.43. The molecule has 6 nitrogen and oxygen atoms in total. The van der Waals surface area contributed by atoms with Crippen molar-refractivity contribution in [3.05, 3.63) is 23.8 Å². The predicted molar refractivity (Wildman–Crippen MR) is 97.9 cm³/mol. The Hall–Kier alpha value is -1.31. The van der Waals surface area contributed by atoms with Gasteiger partial charge in [0.2, 0.25) is 15.9 Å². The van der Waals surface area contributed by atoms with Gasteiger partial charge in [-0.25, -0.2) is 8.42 Å². The van der Waals surface area contributed by atoms with Crippen LogP contribution in [0.25, 0.3) is 0 Å². The van der Waals surface area contributed by atoms with Crippen LogP contribution >= 0.6 is 12.4 Å². The number of carbonyl (C=O) groups excluding carboxylic acids is 1. The van der Waals surface area contributed by atoms with E-state index in [4.69, 9.17) is 0 Å². The fraction of sp³-hybridized carbons (Fsp3) is 0.533. The summed E-state index contributed by atoms with van der Waals surface area (Å²) in [4.78, 5) is 11.9. The summed E-state index contributed by atoms with van der Waals surface area (Å²) in [6.45, 7) is 4.38. The van der Waals surface area contributed by atoms with E-state index in [1.54, 1.807) is 25.1 Å². The molecule has 0 bridgehead atoms. The molecule has 0 aliphatic heterocycles. The van der Waals surface area contributed by atoms with Gasteiger partial charge in [-0.1, -0.05) is 13.0 Å². The van der Waals surface area contributed by atoms with Crippen LogP contribution in [0.4, 0.5) is 11.4 Å². The summed E-state index contributed by atoms with van der Waals surface area (Å²) in [5.74, 6) is -0.000497. The lowest BCUT2D eigenvalue weighted by Gasteiger charge is -2.14. The zero-order valence-corrected chi connectivity index (χ0v) is 15.4. The number of rotatable bonds is 9. The first-order valence-corrected chi connectivity index (χ1v) is 9.09. The highest BCUT2D eigenvalue weighted by Gasteiger charge is 2.13. The lowest BCUT2D eigenvalue weighted by atomic mass is 10.1. The maximum absolute atomic E-state index is 11.9. The molecule has 1 aromatic carbocycles. The molecule has 0 aromatic heterocycles. The first-order valence-electron chi connectivity index (χ1n) is 7.44. The smallest absolute Gasteiger partial charge is 0.232 e. The van der Waals surface area contributed by atoms with Gasteiger partial charge >= 0.3 is 0 Å². The van der Waals surface area contributed by atoms with Crippen LogP contribution in [0, 0.1) is 6.92 Å². The molecule has 0 saturated heterocycles. The highest BCUT2D eigenvalue weighted by Crippen LogP contribution is 2.24. The van der Waals surface area contributed by atoms with Crippen LogP contribution in [0.15, 0.2) is 18.2 Å². The number of amides is 1. The van der Waals surface area contributed by atoms with Gasteiger partial charge in [-0.2, -0.15) is 0 Å². The molecule has 0 spiro atoms. The van der Waals surface area contributed by atoms with E-state index in [1.165, 1.54) is 0 Å². The van der Waals surface area contributed by atoms with Gasteiger partial charge in [0.05, 0.1) is 11.4 Å². The fourth-order valence-corrected chi connectivity index (χ4v) is 3.20. The van der Waals surface area contributed by atoms with Crippen molar-refractivity contribution in [1.82, 2.24) is 5.32 Å². The van der Waals surface area contributed by atoms with Crippen molar-refractivity contribution < 1.29 is 13.2 Å². The standard InChI is InChI=1S/C15H25N3O3S.ClH/c1-4-11-22(20,21)18-14-8-5-7-13(12(14)2)17-15(19)9-6-10-16-3;/h5,7-8,16,18H,4,6,9-11H2,1-3H3,(H,17,19);1H. The van der Waals surface area contributed by atoms with Gasteiger partial charge in [0.15, 0.2) is 0 Å². The minimum absolute atomic E-state index is 0. The van der Waals surface area contributed by atoms with E-state index in [-0.39, 0.29) is 24.1 Å². The van der Waals surface area contributed by atoms with Gasteiger partial charge in [0.1, 0.15) is 0 Å². The molecular formula is C15H26ClN3O3S. The maximum atomic E-state index is 11.9. The highest BCUT2D eigenvalue weighted by atomic mass is 35.5. The van der Waals surface area contributed by atoms with Gasteiger partial charge in [-0.15, -0.1) is 12.4 Å². The largest absolute Gasteiger partial charge is 0.326 e. The number of anilines is 2. The van der Waals surface area contributed by atoms with E-state index in [1.807, 2.05) is 14.0 Å². The summed E-state index contributed by atoms with van der Waals surface area (Å²) in [6.07, 6.45) is 1.73. The van der Waals surface area contributed by atoms with Crippen LogP contribution < -0.4 is 15.4 Å². The van der Waals surface area contributed by atoms with Gasteiger partial charge < -0.3 is 10.6 Å². The number of halogens is 1. The van der Waals surface area contributed by atoms with Crippen LogP contribution in [-0.4, -0.2) is 33.7 Å². The molecule has 0 aliphatic carbocycles. The Morgan fingerprint density at radius 2 is 1.87 bits per heavy atom. The Morgan fingerprint density at radius 3 is 2.48 bits per heavy atom. The van der Waals surface area contributed by atoms with Crippen molar-refractivity contribution in [3.63, 3.8) is 0 Å². The Kier molecular flexibility index (Phi) is 9.87. The van der Waals surface area contributed by atoms with E-state index in [2.05, 4.69) is 15.4 Å². The maximum Gasteiger partial charge on any atom is 0.232 e. The normalized spacial score (nSPS) is 10.7. The summed E-state index contributed by atoms with van der Waals surface area (Å²) < 4.78 is 26.3. The zero-order valence-electron chi connectivity index (χ0n) is 13.8. The summed E-state index contributed by atoms with van der Waals surface area (Å²) >= 11 is 0. The zero-order chi connectivity index (χ0) is 16.6. The van der Waals surface area contributed by atoms with E-state index in [0.717, 1.165) is 13.0 Å². The third-order valence-corrected chi connectivity index (χ3v) is 4.65. The van der Waals surface area contributed by atoms with Crippen molar-refractivity contribution in [1.29, 1.82) is 0 Å². The second-order valence-corrected chi connectivity index (χ2v) is 7.00. The Bertz CT molecular complexity index is 606. The van der Waals surface area contributed by atoms with Crippen LogP contribution in [-0.2, 0) is 14.8 Å². The van der Waals surface area contributed by atoms with Crippen molar-refractivity contribution in [2.75, 3.05) is 29.4 Å². The molecule has 0 unspecified atom stereocenters. The molecular weight excluding hydrogens is 338 g/mol. The molecule has 1 amide bonds. The first kappa shape index (κ1) is 21.7. The van der Waals surface area contributed by atoms with E-state index in [0.29, 0.717) is 29.8 Å². The molecule has 1 aromatic rings. The van der Waals surface area contributed by atoms with Crippen molar-refractivity contribution in [3.8, 4) is 0 Å². The molecule has 0 atom stereocenters. The number of benzene rings is 1. The van der Waals surface area contributed by atoms with E-state index in [9.17, 15) is 13.2 Å². The number of sulfonamides is 1. The van der Waals surface area contributed by atoms with Gasteiger partial charge in [0, 0.05) is 12.1 Å². The van der Waals surface area contributed by atoms with Crippen LogP contribution in [0.3, 0.4) is 0 Å². The molecule has 0 aliphatic rings. The fourth-order valence-electron chi connectivity index (χ4n) is 2.01. The lowest BCUT2D eigenvalue weighted by Crippen LogP contribution is -2.18. The molecule has 0 saturated carbocycles.